The first-order valence-corrected chi connectivity index (χ1v) is 8.63. The molecule has 2 rings (SSSR count). The van der Waals surface area contributed by atoms with Crippen molar-refractivity contribution in [3.63, 3.8) is 0 Å². The predicted octanol–water partition coefficient (Wildman–Crippen LogP) is 2.15. The van der Waals surface area contributed by atoms with E-state index in [0.29, 0.717) is 12.0 Å². The van der Waals surface area contributed by atoms with Gasteiger partial charge in [0.1, 0.15) is 12.2 Å². The van der Waals surface area contributed by atoms with E-state index in [-0.39, 0.29) is 24.2 Å². The van der Waals surface area contributed by atoms with Gasteiger partial charge in [-0.15, -0.1) is 0 Å². The maximum atomic E-state index is 12.1. The van der Waals surface area contributed by atoms with Gasteiger partial charge in [0, 0.05) is 38.8 Å². The van der Waals surface area contributed by atoms with Gasteiger partial charge in [-0.1, -0.05) is 0 Å². The number of carbonyl (C=O) groups is 2. The average Bonchev–Trinajstić information content (AvgIpc) is 2.62. The monoisotopic (exact) mass is 396 g/mol. The summed E-state index contributed by atoms with van der Waals surface area (Å²) in [5.41, 5.74) is -0.589. The Balaban J connectivity index is 1.90. The van der Waals surface area contributed by atoms with Crippen molar-refractivity contribution in [2.24, 2.45) is 5.92 Å². The van der Waals surface area contributed by atoms with Crippen molar-refractivity contribution >= 4 is 17.7 Å². The molecule has 1 amide bonds. The predicted molar refractivity (Wildman–Crippen MR) is 96.3 cm³/mol. The van der Waals surface area contributed by atoms with Gasteiger partial charge in [0.15, 0.2) is 6.29 Å². The lowest BCUT2D eigenvalue weighted by molar-refractivity contribution is -0.384. The Kier molecular flexibility index (Phi) is 6.92. The van der Waals surface area contributed by atoms with Gasteiger partial charge in [-0.25, -0.2) is 4.79 Å². The van der Waals surface area contributed by atoms with Gasteiger partial charge in [0.25, 0.3) is 5.69 Å². The number of hydrogen-bond donors (Lipinski definition) is 1. The Bertz CT molecular complexity index is 715. The number of nitro groups is 1. The zero-order valence-corrected chi connectivity index (χ0v) is 16.2. The highest BCUT2D eigenvalue weighted by Gasteiger charge is 2.52. The van der Waals surface area contributed by atoms with Crippen LogP contribution >= 0.6 is 0 Å². The molecule has 154 valence electrons. The average molecular weight is 396 g/mol. The number of ether oxygens (including phenoxy) is 4. The summed E-state index contributed by atoms with van der Waals surface area (Å²) >= 11 is 0. The maximum Gasteiger partial charge on any atom is 0.509 e. The smallest absolute Gasteiger partial charge is 0.429 e. The first-order valence-electron chi connectivity index (χ1n) is 8.63. The van der Waals surface area contributed by atoms with E-state index in [1.54, 1.807) is 13.8 Å². The summed E-state index contributed by atoms with van der Waals surface area (Å²) in [7, 11) is 3.00. The minimum absolute atomic E-state index is 0.0556. The standard InChI is InChI=1S/C18H24N2O8/c1-18(2,15-13(19-16(15)21)9-14(25-3)26-4)28-17(22)27-10-11-5-7-12(8-6-11)20(23)24/h5-8,13-15H,9-10H2,1-4H3,(H,19,21)/t13-,15+/m1/s1. The summed E-state index contributed by atoms with van der Waals surface area (Å²) in [5, 5.41) is 13.4. The largest absolute Gasteiger partial charge is 0.509 e. The number of nitrogens with one attached hydrogen (secondary N) is 1. The number of carbonyl (C=O) groups excluding carboxylic acids is 2. The fourth-order valence-electron chi connectivity index (χ4n) is 3.10. The fraction of sp³-hybridized carbons (Fsp3) is 0.556. The number of benzene rings is 1. The number of rotatable bonds is 9. The number of methoxy groups -OCH3 is 2. The Labute approximate surface area is 162 Å². The first kappa shape index (κ1) is 21.6. The molecule has 1 fully saturated rings. The molecule has 0 spiro atoms. The van der Waals surface area contributed by atoms with E-state index < -0.39 is 28.9 Å². The Morgan fingerprint density at radius 2 is 1.86 bits per heavy atom. The lowest BCUT2D eigenvalue weighted by atomic mass is 9.76. The number of nitro benzene ring substituents is 1. The third-order valence-electron chi connectivity index (χ3n) is 4.58. The zero-order valence-electron chi connectivity index (χ0n) is 16.2. The van der Waals surface area contributed by atoms with Gasteiger partial charge in [-0.05, 0) is 31.5 Å². The van der Waals surface area contributed by atoms with E-state index in [0.717, 1.165) is 0 Å². The van der Waals surface area contributed by atoms with E-state index in [2.05, 4.69) is 5.32 Å². The summed E-state index contributed by atoms with van der Waals surface area (Å²) < 4.78 is 20.7. The van der Waals surface area contributed by atoms with Crippen LogP contribution in [0.5, 0.6) is 0 Å². The van der Waals surface area contributed by atoms with Crippen LogP contribution in [-0.4, -0.2) is 49.1 Å². The van der Waals surface area contributed by atoms with Crippen molar-refractivity contribution in [3.8, 4) is 0 Å². The van der Waals surface area contributed by atoms with Crippen LogP contribution in [0.1, 0.15) is 25.8 Å². The second-order valence-corrected chi connectivity index (χ2v) is 6.90. The van der Waals surface area contributed by atoms with Crippen LogP contribution in [0.15, 0.2) is 24.3 Å². The quantitative estimate of drug-likeness (QED) is 0.221. The van der Waals surface area contributed by atoms with Crippen LogP contribution in [0.25, 0.3) is 0 Å². The molecule has 10 nitrogen and oxygen atoms in total. The van der Waals surface area contributed by atoms with Crippen molar-refractivity contribution < 1.29 is 33.5 Å². The molecule has 1 heterocycles. The Morgan fingerprint density at radius 1 is 1.25 bits per heavy atom. The molecule has 10 heteroatoms. The molecular weight excluding hydrogens is 372 g/mol. The molecular formula is C18H24N2O8. The lowest BCUT2D eigenvalue weighted by Crippen LogP contribution is -2.67. The summed E-state index contributed by atoms with van der Waals surface area (Å²) in [4.78, 5) is 34.2. The molecule has 1 aromatic carbocycles. The number of nitrogens with zero attached hydrogens (tertiary/aromatic N) is 1. The van der Waals surface area contributed by atoms with Crippen LogP contribution in [0, 0.1) is 16.0 Å². The summed E-state index contributed by atoms with van der Waals surface area (Å²) in [6, 6.07) is 5.34. The van der Waals surface area contributed by atoms with E-state index in [9.17, 15) is 19.7 Å². The summed E-state index contributed by atoms with van der Waals surface area (Å²) in [5.74, 6) is -0.809. The molecule has 1 aliphatic heterocycles. The second-order valence-electron chi connectivity index (χ2n) is 6.90. The van der Waals surface area contributed by atoms with Gasteiger partial charge in [-0.2, -0.15) is 0 Å². The van der Waals surface area contributed by atoms with Gasteiger partial charge in [0.05, 0.1) is 10.8 Å². The Hall–Kier alpha value is -2.72. The molecule has 2 atom stereocenters. The first-order chi connectivity index (χ1) is 13.2. The van der Waals surface area contributed by atoms with E-state index in [1.807, 2.05) is 0 Å². The molecule has 0 aliphatic carbocycles. The zero-order chi connectivity index (χ0) is 20.9. The second kappa shape index (κ2) is 8.98. The van der Waals surface area contributed by atoms with Crippen molar-refractivity contribution in [2.45, 2.75) is 44.8 Å². The van der Waals surface area contributed by atoms with Crippen molar-refractivity contribution in [2.75, 3.05) is 14.2 Å². The van der Waals surface area contributed by atoms with E-state index in [4.69, 9.17) is 18.9 Å². The molecule has 0 aromatic heterocycles. The highest BCUT2D eigenvalue weighted by atomic mass is 16.7. The molecule has 28 heavy (non-hydrogen) atoms. The Morgan fingerprint density at radius 3 is 2.36 bits per heavy atom. The van der Waals surface area contributed by atoms with Crippen LogP contribution in [0.2, 0.25) is 0 Å². The minimum Gasteiger partial charge on any atom is -0.429 e. The molecule has 1 saturated heterocycles. The van der Waals surface area contributed by atoms with Gasteiger partial charge in [0.2, 0.25) is 5.91 Å². The summed E-state index contributed by atoms with van der Waals surface area (Å²) in [6.45, 7) is 3.15. The maximum absolute atomic E-state index is 12.1. The van der Waals surface area contributed by atoms with Gasteiger partial charge in [-0.3, -0.25) is 14.9 Å². The highest BCUT2D eigenvalue weighted by Crippen LogP contribution is 2.33. The lowest BCUT2D eigenvalue weighted by Gasteiger charge is -2.45. The highest BCUT2D eigenvalue weighted by molar-refractivity contribution is 5.87. The SMILES string of the molecule is COC(C[C@H]1NC(=O)[C@H]1C(C)(C)OC(=O)OCc1ccc([N+](=O)[O-])cc1)OC. The third kappa shape index (κ3) is 5.17. The number of non-ortho nitro benzene ring substituents is 1. The molecule has 0 saturated carbocycles. The topological polar surface area (TPSA) is 126 Å². The van der Waals surface area contributed by atoms with Crippen molar-refractivity contribution in [3.05, 3.63) is 39.9 Å². The number of amides is 1. The molecule has 0 bridgehead atoms. The normalized spacial score (nSPS) is 19.0. The number of β-lactam (4-membered cyclic amide) rings is 1. The fourth-order valence-corrected chi connectivity index (χ4v) is 3.10. The van der Waals surface area contributed by atoms with Gasteiger partial charge < -0.3 is 24.3 Å². The van der Waals surface area contributed by atoms with Crippen LogP contribution < -0.4 is 5.32 Å². The van der Waals surface area contributed by atoms with E-state index >= 15 is 0 Å². The minimum atomic E-state index is -1.11. The molecule has 1 aliphatic rings. The van der Waals surface area contributed by atoms with Crippen molar-refractivity contribution in [1.29, 1.82) is 0 Å². The van der Waals surface area contributed by atoms with Crippen LogP contribution in [-0.2, 0) is 30.3 Å². The van der Waals surface area contributed by atoms with Crippen LogP contribution in [0.3, 0.4) is 0 Å². The molecule has 1 N–H and O–H groups in total. The van der Waals surface area contributed by atoms with Crippen LogP contribution in [0.4, 0.5) is 10.5 Å². The molecule has 1 aromatic rings. The van der Waals surface area contributed by atoms with Gasteiger partial charge >= 0.3 is 6.16 Å². The number of hydrogen-bond acceptors (Lipinski definition) is 8. The van der Waals surface area contributed by atoms with E-state index in [1.165, 1.54) is 38.5 Å². The molecule has 0 radical (unpaired) electrons. The van der Waals surface area contributed by atoms with Crippen molar-refractivity contribution in [1.82, 2.24) is 5.32 Å². The third-order valence-corrected chi connectivity index (χ3v) is 4.58. The summed E-state index contributed by atoms with van der Waals surface area (Å²) in [6.07, 6.45) is -1.01. The molecule has 0 unspecified atom stereocenters.